The average Bonchev–Trinajstić information content (AvgIpc) is 2.62. The summed E-state index contributed by atoms with van der Waals surface area (Å²) in [4.78, 5) is 13.4. The maximum atomic E-state index is 12.0. The first-order chi connectivity index (χ1) is 7.99. The van der Waals surface area contributed by atoms with Gasteiger partial charge in [-0.2, -0.15) is 0 Å². The minimum atomic E-state index is -0.886. The van der Waals surface area contributed by atoms with E-state index in [2.05, 4.69) is 0 Å². The average molecular weight is 257 g/mol. The summed E-state index contributed by atoms with van der Waals surface area (Å²) in [5, 5.41) is 19.1. The van der Waals surface area contributed by atoms with Crippen LogP contribution in [-0.4, -0.2) is 46.3 Å². The number of halogens is 1. The van der Waals surface area contributed by atoms with E-state index in [-0.39, 0.29) is 19.0 Å². The molecule has 2 rings (SSSR count). The number of nitrogen functional groups attached to an aromatic ring is 1. The highest BCUT2D eigenvalue weighted by Crippen LogP contribution is 2.22. The Balaban J connectivity index is 2.17. The summed E-state index contributed by atoms with van der Waals surface area (Å²) in [7, 11) is 0. The van der Waals surface area contributed by atoms with Crippen molar-refractivity contribution < 1.29 is 15.0 Å². The Kier molecular flexibility index (Phi) is 3.24. The van der Waals surface area contributed by atoms with Crippen molar-refractivity contribution in [3.8, 4) is 0 Å². The lowest BCUT2D eigenvalue weighted by Crippen LogP contribution is -2.29. The second-order valence-electron chi connectivity index (χ2n) is 4.08. The third-order valence-electron chi connectivity index (χ3n) is 2.79. The molecule has 17 heavy (non-hydrogen) atoms. The molecule has 0 spiro atoms. The molecule has 0 saturated carbocycles. The molecule has 5 nitrogen and oxygen atoms in total. The Morgan fingerprint density at radius 3 is 2.47 bits per heavy atom. The Morgan fingerprint density at radius 2 is 1.94 bits per heavy atom. The fraction of sp³-hybridized carbons (Fsp3) is 0.364. The van der Waals surface area contributed by atoms with Gasteiger partial charge in [0.05, 0.1) is 22.9 Å². The standard InChI is InChI=1S/C11H13ClN2O3/c12-7-3-6(1-2-8(7)13)11(17)14-4-9(15)10(16)5-14/h1-3,9-10,15-16H,4-5,13H2/t9-,10+. The zero-order chi connectivity index (χ0) is 12.6. The number of hydrogen-bond donors (Lipinski definition) is 3. The van der Waals surface area contributed by atoms with E-state index in [9.17, 15) is 15.0 Å². The first-order valence-electron chi connectivity index (χ1n) is 5.19. The van der Waals surface area contributed by atoms with Gasteiger partial charge >= 0.3 is 0 Å². The lowest BCUT2D eigenvalue weighted by Gasteiger charge is -2.15. The topological polar surface area (TPSA) is 86.8 Å². The molecule has 1 fully saturated rings. The molecular formula is C11H13ClN2O3. The number of carbonyl (C=O) groups is 1. The van der Waals surface area contributed by atoms with Crippen LogP contribution in [0.4, 0.5) is 5.69 Å². The van der Waals surface area contributed by atoms with E-state index in [1.165, 1.54) is 11.0 Å². The van der Waals surface area contributed by atoms with Crippen molar-refractivity contribution in [2.24, 2.45) is 0 Å². The molecule has 0 bridgehead atoms. The normalized spacial score (nSPS) is 24.1. The van der Waals surface area contributed by atoms with Gasteiger partial charge in [0.2, 0.25) is 0 Å². The van der Waals surface area contributed by atoms with E-state index in [4.69, 9.17) is 17.3 Å². The minimum Gasteiger partial charge on any atom is -0.398 e. The fourth-order valence-electron chi connectivity index (χ4n) is 1.78. The highest BCUT2D eigenvalue weighted by molar-refractivity contribution is 6.33. The minimum absolute atomic E-state index is 0.127. The fourth-order valence-corrected chi connectivity index (χ4v) is 1.96. The summed E-state index contributed by atoms with van der Waals surface area (Å²) >= 11 is 5.83. The lowest BCUT2D eigenvalue weighted by atomic mass is 10.2. The van der Waals surface area contributed by atoms with Gasteiger partial charge in [0.1, 0.15) is 0 Å². The number of aliphatic hydroxyl groups excluding tert-OH is 2. The van der Waals surface area contributed by atoms with Crippen molar-refractivity contribution in [2.45, 2.75) is 12.2 Å². The quantitative estimate of drug-likeness (QED) is 0.622. The highest BCUT2D eigenvalue weighted by atomic mass is 35.5. The van der Waals surface area contributed by atoms with E-state index in [1.54, 1.807) is 12.1 Å². The predicted molar refractivity (Wildman–Crippen MR) is 63.8 cm³/mol. The summed E-state index contributed by atoms with van der Waals surface area (Å²) in [6.07, 6.45) is -1.77. The van der Waals surface area contributed by atoms with Gasteiger partial charge in [0.15, 0.2) is 0 Å². The third-order valence-corrected chi connectivity index (χ3v) is 3.12. The van der Waals surface area contributed by atoms with Gasteiger partial charge < -0.3 is 20.8 Å². The Labute approximate surface area is 103 Å². The molecule has 1 saturated heterocycles. The van der Waals surface area contributed by atoms with Crippen molar-refractivity contribution in [3.63, 3.8) is 0 Å². The van der Waals surface area contributed by atoms with Crippen LogP contribution in [0.2, 0.25) is 5.02 Å². The first kappa shape index (κ1) is 12.2. The number of aliphatic hydroxyl groups is 2. The molecule has 6 heteroatoms. The van der Waals surface area contributed by atoms with Crippen molar-refractivity contribution in [3.05, 3.63) is 28.8 Å². The molecule has 1 aromatic carbocycles. The smallest absolute Gasteiger partial charge is 0.254 e. The molecule has 1 aliphatic heterocycles. The summed E-state index contributed by atoms with van der Waals surface area (Å²) < 4.78 is 0. The number of nitrogens with two attached hydrogens (primary N) is 1. The monoisotopic (exact) mass is 256 g/mol. The second kappa shape index (κ2) is 4.52. The molecule has 1 amide bonds. The van der Waals surface area contributed by atoms with Crippen LogP contribution >= 0.6 is 11.6 Å². The van der Waals surface area contributed by atoms with E-state index >= 15 is 0 Å². The summed E-state index contributed by atoms with van der Waals surface area (Å²) in [5.74, 6) is -0.275. The van der Waals surface area contributed by atoms with Crippen LogP contribution in [-0.2, 0) is 0 Å². The van der Waals surface area contributed by atoms with E-state index in [0.29, 0.717) is 16.3 Å². The Morgan fingerprint density at radius 1 is 1.35 bits per heavy atom. The maximum Gasteiger partial charge on any atom is 0.254 e. The number of amides is 1. The van der Waals surface area contributed by atoms with Crippen LogP contribution in [0.25, 0.3) is 0 Å². The SMILES string of the molecule is Nc1ccc(C(=O)N2C[C@@H](O)[C@@H](O)C2)cc1Cl. The second-order valence-corrected chi connectivity index (χ2v) is 4.49. The molecule has 92 valence electrons. The molecule has 0 aromatic heterocycles. The van der Waals surface area contributed by atoms with Crippen LogP contribution in [0.1, 0.15) is 10.4 Å². The van der Waals surface area contributed by atoms with Crippen LogP contribution in [0.3, 0.4) is 0 Å². The van der Waals surface area contributed by atoms with Crippen molar-refractivity contribution in [1.29, 1.82) is 0 Å². The molecule has 1 aromatic rings. The number of nitrogens with zero attached hydrogens (tertiary/aromatic N) is 1. The largest absolute Gasteiger partial charge is 0.398 e. The third kappa shape index (κ3) is 2.36. The molecule has 0 radical (unpaired) electrons. The predicted octanol–water partition coefficient (Wildman–Crippen LogP) is 0.0998. The highest BCUT2D eigenvalue weighted by Gasteiger charge is 2.32. The molecule has 2 atom stereocenters. The number of β-amino-alcohol motifs (C(OH)–C–C–N with tert-alkyl or cyclic N) is 2. The van der Waals surface area contributed by atoms with Gasteiger partial charge in [0, 0.05) is 18.7 Å². The van der Waals surface area contributed by atoms with Gasteiger partial charge in [-0.25, -0.2) is 0 Å². The molecule has 4 N–H and O–H groups in total. The number of anilines is 1. The van der Waals surface area contributed by atoms with Gasteiger partial charge in [-0.3, -0.25) is 4.79 Å². The lowest BCUT2D eigenvalue weighted by molar-refractivity contribution is 0.0572. The Bertz CT molecular complexity index is 442. The molecule has 0 unspecified atom stereocenters. The molecule has 1 aliphatic rings. The summed E-state index contributed by atoms with van der Waals surface area (Å²) in [6, 6.07) is 4.61. The number of carbonyl (C=O) groups excluding carboxylic acids is 1. The molecular weight excluding hydrogens is 244 g/mol. The van der Waals surface area contributed by atoms with Crippen molar-refractivity contribution >= 4 is 23.2 Å². The Hall–Kier alpha value is -1.30. The van der Waals surface area contributed by atoms with Crippen molar-refractivity contribution in [2.75, 3.05) is 18.8 Å². The molecule has 0 aliphatic carbocycles. The van der Waals surface area contributed by atoms with Crippen molar-refractivity contribution in [1.82, 2.24) is 4.90 Å². The summed E-state index contributed by atoms with van der Waals surface area (Å²) in [5.41, 5.74) is 6.35. The van der Waals surface area contributed by atoms with Gasteiger partial charge in [0.25, 0.3) is 5.91 Å². The maximum absolute atomic E-state index is 12.0. The first-order valence-corrected chi connectivity index (χ1v) is 5.57. The summed E-state index contributed by atoms with van der Waals surface area (Å²) in [6.45, 7) is 0.254. The number of rotatable bonds is 1. The van der Waals surface area contributed by atoms with Crippen LogP contribution < -0.4 is 5.73 Å². The van der Waals surface area contributed by atoms with E-state index < -0.39 is 12.2 Å². The van der Waals surface area contributed by atoms with Crippen LogP contribution in [0.15, 0.2) is 18.2 Å². The zero-order valence-electron chi connectivity index (χ0n) is 9.01. The van der Waals surface area contributed by atoms with Gasteiger partial charge in [-0.15, -0.1) is 0 Å². The van der Waals surface area contributed by atoms with Crippen LogP contribution in [0.5, 0.6) is 0 Å². The van der Waals surface area contributed by atoms with Gasteiger partial charge in [-0.1, -0.05) is 11.6 Å². The van der Waals surface area contributed by atoms with Crippen LogP contribution in [0, 0.1) is 0 Å². The van der Waals surface area contributed by atoms with E-state index in [0.717, 1.165) is 0 Å². The van der Waals surface area contributed by atoms with Gasteiger partial charge in [-0.05, 0) is 18.2 Å². The number of likely N-dealkylation sites (tertiary alicyclic amines) is 1. The number of benzene rings is 1. The van der Waals surface area contributed by atoms with E-state index in [1.807, 2.05) is 0 Å². The number of hydrogen-bond acceptors (Lipinski definition) is 4. The zero-order valence-corrected chi connectivity index (χ0v) is 9.76. The molecule has 1 heterocycles.